The Morgan fingerprint density at radius 1 is 1.40 bits per heavy atom. The number of halogens is 5. The SMILES string of the molecule is O=[N+]([O-])c1cc(Cl)c(Br)c(C(F)(F)F)c1. The van der Waals surface area contributed by atoms with Gasteiger partial charge in [-0.3, -0.25) is 10.1 Å². The second-order valence-corrected chi connectivity index (χ2v) is 3.74. The van der Waals surface area contributed by atoms with Crippen LogP contribution in [0.5, 0.6) is 0 Å². The number of hydrogen-bond acceptors (Lipinski definition) is 2. The fourth-order valence-corrected chi connectivity index (χ4v) is 1.55. The van der Waals surface area contributed by atoms with Crippen molar-refractivity contribution in [2.75, 3.05) is 0 Å². The van der Waals surface area contributed by atoms with Crippen LogP contribution in [-0.4, -0.2) is 4.92 Å². The zero-order valence-electron chi connectivity index (χ0n) is 6.81. The number of benzene rings is 1. The maximum atomic E-state index is 12.4. The number of nitro benzene ring substituents is 1. The Balaban J connectivity index is 3.45. The van der Waals surface area contributed by atoms with E-state index < -0.39 is 26.8 Å². The molecule has 0 aliphatic carbocycles. The van der Waals surface area contributed by atoms with E-state index in [9.17, 15) is 23.3 Å². The van der Waals surface area contributed by atoms with Crippen LogP contribution >= 0.6 is 27.5 Å². The van der Waals surface area contributed by atoms with Crippen LogP contribution < -0.4 is 0 Å². The van der Waals surface area contributed by atoms with Crippen LogP contribution in [0.4, 0.5) is 18.9 Å². The van der Waals surface area contributed by atoms with Crippen LogP contribution in [0.3, 0.4) is 0 Å². The molecule has 0 spiro atoms. The summed E-state index contributed by atoms with van der Waals surface area (Å²) in [5.41, 5.74) is -1.86. The van der Waals surface area contributed by atoms with E-state index in [2.05, 4.69) is 15.9 Å². The lowest BCUT2D eigenvalue weighted by Crippen LogP contribution is -2.07. The van der Waals surface area contributed by atoms with E-state index in [0.717, 1.165) is 6.07 Å². The predicted octanol–water partition coefficient (Wildman–Crippen LogP) is 4.03. The zero-order chi connectivity index (χ0) is 11.8. The normalized spacial score (nSPS) is 11.5. The third-order valence-corrected chi connectivity index (χ3v) is 2.91. The van der Waals surface area contributed by atoms with Crippen molar-refractivity contribution in [3.8, 4) is 0 Å². The van der Waals surface area contributed by atoms with E-state index in [1.54, 1.807) is 0 Å². The molecule has 82 valence electrons. The molecule has 0 aliphatic rings. The van der Waals surface area contributed by atoms with Gasteiger partial charge in [-0.25, -0.2) is 0 Å². The number of nitro groups is 1. The van der Waals surface area contributed by atoms with Crippen molar-refractivity contribution in [1.29, 1.82) is 0 Å². The van der Waals surface area contributed by atoms with Gasteiger partial charge in [0.15, 0.2) is 0 Å². The van der Waals surface area contributed by atoms with Gasteiger partial charge in [0.05, 0.1) is 15.5 Å². The van der Waals surface area contributed by atoms with Crippen LogP contribution in [0.2, 0.25) is 5.02 Å². The average molecular weight is 304 g/mol. The summed E-state index contributed by atoms with van der Waals surface area (Å²) in [5.74, 6) is 0. The smallest absolute Gasteiger partial charge is 0.258 e. The number of alkyl halides is 3. The van der Waals surface area contributed by atoms with Gasteiger partial charge in [0, 0.05) is 16.6 Å². The summed E-state index contributed by atoms with van der Waals surface area (Å²) in [6, 6.07) is 1.27. The van der Waals surface area contributed by atoms with Gasteiger partial charge >= 0.3 is 6.18 Å². The molecule has 0 unspecified atom stereocenters. The predicted molar refractivity (Wildman–Crippen MR) is 50.8 cm³/mol. The van der Waals surface area contributed by atoms with E-state index in [0.29, 0.717) is 6.07 Å². The Morgan fingerprint density at radius 2 is 1.93 bits per heavy atom. The number of rotatable bonds is 1. The minimum Gasteiger partial charge on any atom is -0.258 e. The molecular formula is C7H2BrClF3NO2. The van der Waals surface area contributed by atoms with Crippen LogP contribution in [0.1, 0.15) is 5.56 Å². The fourth-order valence-electron chi connectivity index (χ4n) is 0.886. The molecule has 3 nitrogen and oxygen atoms in total. The molecule has 1 aromatic carbocycles. The lowest BCUT2D eigenvalue weighted by Gasteiger charge is -2.09. The number of hydrogen-bond donors (Lipinski definition) is 0. The second kappa shape index (κ2) is 3.97. The van der Waals surface area contributed by atoms with Gasteiger partial charge in [0.2, 0.25) is 0 Å². The molecule has 1 aromatic rings. The fraction of sp³-hybridized carbons (Fsp3) is 0.143. The summed E-state index contributed by atoms with van der Waals surface area (Å²) < 4.78 is 36.7. The molecule has 0 atom stereocenters. The summed E-state index contributed by atoms with van der Waals surface area (Å²) in [7, 11) is 0. The molecule has 0 saturated heterocycles. The van der Waals surface area contributed by atoms with Crippen LogP contribution in [0, 0.1) is 10.1 Å². The molecule has 0 saturated carbocycles. The van der Waals surface area contributed by atoms with Crippen LogP contribution in [0.25, 0.3) is 0 Å². The van der Waals surface area contributed by atoms with Crippen molar-refractivity contribution < 1.29 is 18.1 Å². The van der Waals surface area contributed by atoms with E-state index in [-0.39, 0.29) is 5.02 Å². The van der Waals surface area contributed by atoms with Crippen LogP contribution in [0.15, 0.2) is 16.6 Å². The molecule has 0 heterocycles. The first kappa shape index (κ1) is 12.3. The lowest BCUT2D eigenvalue weighted by molar-refractivity contribution is -0.385. The Hall–Kier alpha value is -0.820. The molecule has 0 amide bonds. The van der Waals surface area contributed by atoms with Gasteiger partial charge < -0.3 is 0 Å². The maximum absolute atomic E-state index is 12.4. The molecule has 0 aromatic heterocycles. The first-order valence-electron chi connectivity index (χ1n) is 3.44. The van der Waals surface area contributed by atoms with E-state index in [4.69, 9.17) is 11.6 Å². The third kappa shape index (κ3) is 2.60. The molecule has 0 fully saturated rings. The average Bonchev–Trinajstić information content (AvgIpc) is 2.06. The van der Waals surface area contributed by atoms with Crippen molar-refractivity contribution in [1.82, 2.24) is 0 Å². The molecular weight excluding hydrogens is 302 g/mol. The third-order valence-electron chi connectivity index (χ3n) is 1.53. The topological polar surface area (TPSA) is 43.1 Å². The highest BCUT2D eigenvalue weighted by molar-refractivity contribution is 9.10. The van der Waals surface area contributed by atoms with Gasteiger partial charge in [-0.05, 0) is 15.9 Å². The van der Waals surface area contributed by atoms with Crippen molar-refractivity contribution in [3.05, 3.63) is 37.3 Å². The van der Waals surface area contributed by atoms with Crippen molar-refractivity contribution in [2.45, 2.75) is 6.18 Å². The molecule has 0 aliphatic heterocycles. The summed E-state index contributed by atoms with van der Waals surface area (Å²) in [4.78, 5) is 9.37. The minimum atomic E-state index is -4.69. The standard InChI is InChI=1S/C7H2BrClF3NO2/c8-6-4(7(10,11)12)1-3(13(14)15)2-5(6)9/h1-2H. The highest BCUT2D eigenvalue weighted by Gasteiger charge is 2.35. The lowest BCUT2D eigenvalue weighted by atomic mass is 10.2. The molecule has 0 radical (unpaired) electrons. The Morgan fingerprint density at radius 3 is 2.33 bits per heavy atom. The minimum absolute atomic E-state index is 0.350. The molecule has 0 N–H and O–H groups in total. The van der Waals surface area contributed by atoms with E-state index in [1.165, 1.54) is 0 Å². The van der Waals surface area contributed by atoms with Gasteiger partial charge in [-0.2, -0.15) is 13.2 Å². The van der Waals surface area contributed by atoms with Gasteiger partial charge in [0.25, 0.3) is 5.69 Å². The Labute approximate surface area is 95.1 Å². The summed E-state index contributed by atoms with van der Waals surface area (Å²) >= 11 is 8.04. The largest absolute Gasteiger partial charge is 0.417 e. The summed E-state index contributed by atoms with van der Waals surface area (Å²) in [6.07, 6.45) is -4.69. The maximum Gasteiger partial charge on any atom is 0.417 e. The Kier molecular flexibility index (Phi) is 3.25. The quantitative estimate of drug-likeness (QED) is 0.581. The van der Waals surface area contributed by atoms with E-state index >= 15 is 0 Å². The monoisotopic (exact) mass is 303 g/mol. The van der Waals surface area contributed by atoms with Crippen LogP contribution in [-0.2, 0) is 6.18 Å². The van der Waals surface area contributed by atoms with Gasteiger partial charge in [0.1, 0.15) is 0 Å². The highest BCUT2D eigenvalue weighted by atomic mass is 79.9. The summed E-state index contributed by atoms with van der Waals surface area (Å²) in [6.45, 7) is 0. The zero-order valence-corrected chi connectivity index (χ0v) is 9.15. The number of nitrogens with zero attached hydrogens (tertiary/aromatic N) is 1. The first-order chi connectivity index (χ1) is 6.73. The molecule has 8 heteroatoms. The van der Waals surface area contributed by atoms with E-state index in [1.807, 2.05) is 0 Å². The highest BCUT2D eigenvalue weighted by Crippen LogP contribution is 2.40. The molecule has 1 rings (SSSR count). The molecule has 15 heavy (non-hydrogen) atoms. The Bertz CT molecular complexity index is 421. The summed E-state index contributed by atoms with van der Waals surface area (Å²) in [5, 5.41) is 9.96. The van der Waals surface area contributed by atoms with Crippen molar-refractivity contribution in [2.24, 2.45) is 0 Å². The van der Waals surface area contributed by atoms with Gasteiger partial charge in [-0.1, -0.05) is 11.6 Å². The van der Waals surface area contributed by atoms with Gasteiger partial charge in [-0.15, -0.1) is 0 Å². The van der Waals surface area contributed by atoms with Crippen molar-refractivity contribution in [3.63, 3.8) is 0 Å². The first-order valence-corrected chi connectivity index (χ1v) is 4.61. The van der Waals surface area contributed by atoms with Crippen molar-refractivity contribution >= 4 is 33.2 Å². The number of non-ortho nitro benzene ring substituents is 1. The second-order valence-electron chi connectivity index (χ2n) is 2.54. The molecule has 0 bridgehead atoms.